The van der Waals surface area contributed by atoms with E-state index in [1.165, 1.54) is 49.7 Å². The van der Waals surface area contributed by atoms with Gasteiger partial charge in [-0.3, -0.25) is 0 Å². The largest absolute Gasteiger partial charge is 0.393 e. The molecule has 3 fully saturated rings. The van der Waals surface area contributed by atoms with E-state index < -0.39 is 5.60 Å². The maximum absolute atomic E-state index is 10.6. The summed E-state index contributed by atoms with van der Waals surface area (Å²) in [6, 6.07) is 0. The molecule has 0 aromatic rings. The van der Waals surface area contributed by atoms with Crippen LogP contribution in [0.25, 0.3) is 0 Å². The summed E-state index contributed by atoms with van der Waals surface area (Å²) >= 11 is 0. The summed E-state index contributed by atoms with van der Waals surface area (Å²) in [5.41, 5.74) is 4.11. The number of aliphatic hydroxyl groups is 2. The van der Waals surface area contributed by atoms with Crippen molar-refractivity contribution in [1.82, 2.24) is 0 Å². The second-order valence-corrected chi connectivity index (χ2v) is 11.3. The molecule has 0 aromatic carbocycles. The first-order valence-electron chi connectivity index (χ1n) is 13.2. The minimum Gasteiger partial charge on any atom is -0.393 e. The molecule has 0 aromatic heterocycles. The monoisotopic (exact) mass is 428 g/mol. The van der Waals surface area contributed by atoms with Gasteiger partial charge in [-0.1, -0.05) is 70.4 Å². The zero-order valence-electron chi connectivity index (χ0n) is 20.8. The Morgan fingerprint density at radius 2 is 1.90 bits per heavy atom. The molecule has 0 spiro atoms. The van der Waals surface area contributed by atoms with E-state index in [-0.39, 0.29) is 6.10 Å². The third-order valence-corrected chi connectivity index (χ3v) is 9.53. The number of rotatable bonds is 8. The lowest BCUT2D eigenvalue weighted by molar-refractivity contribution is 0.0178. The Morgan fingerprint density at radius 1 is 1.16 bits per heavy atom. The molecule has 3 aliphatic carbocycles. The number of hydrogen-bond acceptors (Lipinski definition) is 2. The van der Waals surface area contributed by atoms with E-state index in [0.29, 0.717) is 5.41 Å². The Kier molecular flexibility index (Phi) is 8.30. The van der Waals surface area contributed by atoms with E-state index >= 15 is 0 Å². The maximum atomic E-state index is 10.6. The molecule has 3 saturated carbocycles. The van der Waals surface area contributed by atoms with Gasteiger partial charge in [0, 0.05) is 0 Å². The van der Waals surface area contributed by atoms with Crippen molar-refractivity contribution in [3.63, 3.8) is 0 Å². The highest BCUT2D eigenvalue weighted by Crippen LogP contribution is 2.60. The zero-order valence-corrected chi connectivity index (χ0v) is 20.8. The van der Waals surface area contributed by atoms with Gasteiger partial charge in [-0.25, -0.2) is 0 Å². The predicted octanol–water partition coefficient (Wildman–Crippen LogP) is 7.51. The van der Waals surface area contributed by atoms with Crippen LogP contribution in [0.2, 0.25) is 0 Å². The topological polar surface area (TPSA) is 40.5 Å². The minimum absolute atomic E-state index is 0.193. The summed E-state index contributed by atoms with van der Waals surface area (Å²) in [6.45, 7) is 13.5. The highest BCUT2D eigenvalue weighted by Gasteiger charge is 2.50. The third-order valence-electron chi connectivity index (χ3n) is 9.53. The van der Waals surface area contributed by atoms with Crippen LogP contribution < -0.4 is 0 Å². The first kappa shape index (κ1) is 24.8. The van der Waals surface area contributed by atoms with Crippen LogP contribution in [0.3, 0.4) is 0 Å². The number of hydrogen-bond donors (Lipinski definition) is 2. The van der Waals surface area contributed by atoms with E-state index in [1.54, 1.807) is 5.57 Å². The van der Waals surface area contributed by atoms with Crippen molar-refractivity contribution >= 4 is 0 Å². The summed E-state index contributed by atoms with van der Waals surface area (Å²) in [4.78, 5) is 0. The van der Waals surface area contributed by atoms with Crippen LogP contribution in [0.1, 0.15) is 111 Å². The quantitative estimate of drug-likeness (QED) is 0.420. The van der Waals surface area contributed by atoms with Crippen LogP contribution in [0.5, 0.6) is 0 Å². The molecule has 0 heterocycles. The van der Waals surface area contributed by atoms with Crippen molar-refractivity contribution in [3.05, 3.63) is 35.5 Å². The summed E-state index contributed by atoms with van der Waals surface area (Å²) in [5, 5.41) is 20.7. The Labute approximate surface area is 191 Å². The first-order chi connectivity index (χ1) is 14.7. The van der Waals surface area contributed by atoms with Gasteiger partial charge in [-0.2, -0.15) is 0 Å². The SMILES string of the molecule is C=C1CC[C@H](O)C/C1=C\C=C1/CCC[C@]2(C)[C@@H]([C@H](C)CCCC(O)(CC)CC)CC[C@@H]12. The Hall–Kier alpha value is -0.860. The number of fused-ring (bicyclic) bond motifs is 1. The van der Waals surface area contributed by atoms with Gasteiger partial charge in [0.15, 0.2) is 0 Å². The molecule has 0 saturated heterocycles. The van der Waals surface area contributed by atoms with Crippen LogP contribution >= 0.6 is 0 Å². The summed E-state index contributed by atoms with van der Waals surface area (Å²) in [5.74, 6) is 2.26. The number of allylic oxidation sites excluding steroid dienone is 4. The van der Waals surface area contributed by atoms with Gasteiger partial charge in [-0.05, 0) is 99.4 Å². The van der Waals surface area contributed by atoms with E-state index in [0.717, 1.165) is 62.7 Å². The van der Waals surface area contributed by atoms with E-state index in [2.05, 4.69) is 46.4 Å². The summed E-state index contributed by atoms with van der Waals surface area (Å²) < 4.78 is 0. The van der Waals surface area contributed by atoms with Crippen molar-refractivity contribution in [2.24, 2.45) is 23.2 Å². The smallest absolute Gasteiger partial charge is 0.0642 e. The van der Waals surface area contributed by atoms with Gasteiger partial charge in [0.05, 0.1) is 11.7 Å². The van der Waals surface area contributed by atoms with Crippen molar-refractivity contribution in [1.29, 1.82) is 0 Å². The van der Waals surface area contributed by atoms with Crippen LogP contribution in [0, 0.1) is 23.2 Å². The van der Waals surface area contributed by atoms with Crippen LogP contribution in [-0.4, -0.2) is 21.9 Å². The van der Waals surface area contributed by atoms with Gasteiger partial charge >= 0.3 is 0 Å². The Balaban J connectivity index is 1.65. The lowest BCUT2D eigenvalue weighted by Gasteiger charge is -2.44. The minimum atomic E-state index is -0.452. The fraction of sp³-hybridized carbons (Fsp3) is 0.793. The molecule has 0 aliphatic heterocycles. The standard InChI is InChI=1S/C29H48O2/c1-6-29(31,7-2)19-8-10-22(4)26-16-17-27-23(11-9-18-28(26,27)5)13-14-24-20-25(30)15-12-21(24)3/h13-14,22,25-27,30-31H,3,6-12,15-20H2,1-2,4-5H3/b23-13+,24-14+/t22-,25+,26-,27+,28-/m1/s1. The van der Waals surface area contributed by atoms with Crippen LogP contribution in [0.4, 0.5) is 0 Å². The molecule has 0 amide bonds. The molecule has 5 atom stereocenters. The molecule has 0 radical (unpaired) electrons. The molecule has 3 aliphatic rings. The fourth-order valence-corrected chi connectivity index (χ4v) is 7.17. The second kappa shape index (κ2) is 10.4. The molecule has 2 nitrogen and oxygen atoms in total. The highest BCUT2D eigenvalue weighted by molar-refractivity contribution is 5.36. The zero-order chi connectivity index (χ0) is 22.6. The first-order valence-corrected chi connectivity index (χ1v) is 13.2. The van der Waals surface area contributed by atoms with Gasteiger partial charge in [0.1, 0.15) is 0 Å². The van der Waals surface area contributed by atoms with Gasteiger partial charge in [0.2, 0.25) is 0 Å². The molecule has 0 bridgehead atoms. The van der Waals surface area contributed by atoms with E-state index in [1.807, 2.05) is 0 Å². The summed E-state index contributed by atoms with van der Waals surface area (Å²) in [6.07, 6.45) is 18.7. The molecule has 176 valence electrons. The Bertz CT molecular complexity index is 683. The van der Waals surface area contributed by atoms with Crippen molar-refractivity contribution in [2.45, 2.75) is 123 Å². The van der Waals surface area contributed by atoms with Crippen molar-refractivity contribution < 1.29 is 10.2 Å². The molecule has 31 heavy (non-hydrogen) atoms. The fourth-order valence-electron chi connectivity index (χ4n) is 7.17. The maximum Gasteiger partial charge on any atom is 0.0642 e. The van der Waals surface area contributed by atoms with Gasteiger partial charge in [0.25, 0.3) is 0 Å². The number of aliphatic hydroxyl groups excluding tert-OH is 1. The lowest BCUT2D eigenvalue weighted by Crippen LogP contribution is -2.36. The summed E-state index contributed by atoms with van der Waals surface area (Å²) in [7, 11) is 0. The third kappa shape index (κ3) is 5.56. The Morgan fingerprint density at radius 3 is 2.61 bits per heavy atom. The molecular formula is C29H48O2. The molecule has 2 heteroatoms. The van der Waals surface area contributed by atoms with Crippen LogP contribution in [0.15, 0.2) is 35.5 Å². The lowest BCUT2D eigenvalue weighted by atomic mass is 9.60. The van der Waals surface area contributed by atoms with Crippen molar-refractivity contribution in [3.8, 4) is 0 Å². The second-order valence-electron chi connectivity index (χ2n) is 11.3. The molecule has 0 unspecified atom stereocenters. The van der Waals surface area contributed by atoms with Crippen molar-refractivity contribution in [2.75, 3.05) is 0 Å². The molecule has 3 rings (SSSR count). The van der Waals surface area contributed by atoms with Gasteiger partial charge in [-0.15, -0.1) is 0 Å². The normalized spacial score (nSPS) is 35.5. The average molecular weight is 429 g/mol. The highest BCUT2D eigenvalue weighted by atomic mass is 16.3. The average Bonchev–Trinajstić information content (AvgIpc) is 3.11. The molecular weight excluding hydrogens is 380 g/mol. The van der Waals surface area contributed by atoms with Gasteiger partial charge < -0.3 is 10.2 Å². The van der Waals surface area contributed by atoms with E-state index in [4.69, 9.17) is 0 Å². The van der Waals surface area contributed by atoms with Crippen LogP contribution in [-0.2, 0) is 0 Å². The predicted molar refractivity (Wildman–Crippen MR) is 132 cm³/mol. The van der Waals surface area contributed by atoms with E-state index in [9.17, 15) is 10.2 Å². The molecule has 2 N–H and O–H groups in total.